The van der Waals surface area contributed by atoms with Crippen LogP contribution in [0.1, 0.15) is 16.7 Å². The van der Waals surface area contributed by atoms with Crippen molar-refractivity contribution in [2.75, 3.05) is 31.9 Å². The van der Waals surface area contributed by atoms with E-state index in [1.165, 1.54) is 13.1 Å². The number of quaternary nitrogens is 1. The predicted octanol–water partition coefficient (Wildman–Crippen LogP) is 1.50. The summed E-state index contributed by atoms with van der Waals surface area (Å²) >= 11 is 6.26. The molecule has 182 valence electrons. The number of amides is 1. The van der Waals surface area contributed by atoms with E-state index in [0.717, 1.165) is 0 Å². The maximum absolute atomic E-state index is 12.7. The van der Waals surface area contributed by atoms with Crippen molar-refractivity contribution >= 4 is 44.6 Å². The zero-order valence-electron chi connectivity index (χ0n) is 18.9. The van der Waals surface area contributed by atoms with Gasteiger partial charge in [0.05, 0.1) is 30.8 Å². The maximum Gasteiger partial charge on any atom is 0.412 e. The van der Waals surface area contributed by atoms with Crippen LogP contribution in [-0.2, 0) is 16.6 Å². The number of likely N-dealkylation sites (N-methyl/N-ethyl adjacent to an activating group) is 1. The molecule has 34 heavy (non-hydrogen) atoms. The predicted molar refractivity (Wildman–Crippen MR) is 130 cm³/mol. The van der Waals surface area contributed by atoms with Gasteiger partial charge in [0.2, 0.25) is 0 Å². The van der Waals surface area contributed by atoms with Gasteiger partial charge in [-0.3, -0.25) is 4.72 Å². The van der Waals surface area contributed by atoms with Crippen molar-refractivity contribution < 1.29 is 27.7 Å². The van der Waals surface area contributed by atoms with Gasteiger partial charge in [-0.05, 0) is 36.2 Å². The van der Waals surface area contributed by atoms with Crippen molar-refractivity contribution in [1.29, 1.82) is 0 Å². The van der Waals surface area contributed by atoms with Gasteiger partial charge < -0.3 is 19.8 Å². The number of fused-ring (bicyclic) bond motifs is 1. The number of carbonyl (C=O) groups is 1. The van der Waals surface area contributed by atoms with E-state index in [9.17, 15) is 18.0 Å². The van der Waals surface area contributed by atoms with E-state index in [4.69, 9.17) is 20.8 Å². The highest BCUT2D eigenvalue weighted by Crippen LogP contribution is 2.32. The molecule has 0 aliphatic heterocycles. The number of hydrogen-bond donors (Lipinski definition) is 4. The van der Waals surface area contributed by atoms with E-state index >= 15 is 0 Å². The van der Waals surface area contributed by atoms with Crippen molar-refractivity contribution in [3.05, 3.63) is 68.5 Å². The minimum atomic E-state index is -3.72. The first-order chi connectivity index (χ1) is 16.1. The minimum Gasteiger partial charge on any atom is -0.422 e. The molecule has 0 radical (unpaired) electrons. The third-order valence-corrected chi connectivity index (χ3v) is 6.42. The normalized spacial score (nSPS) is 11.4. The van der Waals surface area contributed by atoms with Gasteiger partial charge in [-0.15, -0.1) is 0 Å². The fourth-order valence-electron chi connectivity index (χ4n) is 3.30. The van der Waals surface area contributed by atoms with Crippen LogP contribution in [0, 0.1) is 6.92 Å². The first-order valence-corrected chi connectivity index (χ1v) is 12.3. The molecule has 2 aromatic carbocycles. The van der Waals surface area contributed by atoms with Crippen molar-refractivity contribution in [1.82, 2.24) is 10.0 Å². The molecule has 0 unspecified atom stereocenters. The largest absolute Gasteiger partial charge is 0.422 e. The third-order valence-electron chi connectivity index (χ3n) is 5.03. The Labute approximate surface area is 201 Å². The van der Waals surface area contributed by atoms with E-state index < -0.39 is 21.9 Å². The van der Waals surface area contributed by atoms with Crippen molar-refractivity contribution in [3.8, 4) is 5.75 Å². The van der Waals surface area contributed by atoms with Crippen LogP contribution in [0.25, 0.3) is 11.0 Å². The van der Waals surface area contributed by atoms with Crippen LogP contribution < -0.4 is 30.4 Å². The molecule has 12 heteroatoms. The summed E-state index contributed by atoms with van der Waals surface area (Å²) in [6.45, 7) is 2.67. The highest BCUT2D eigenvalue weighted by molar-refractivity contribution is 7.90. The SMILES string of the molecule is CNC(=O)Oc1cc2oc(=O)c(Cc3cccc(NS(=O)(=O)NCC[NH2+]C)c3)c(C)c2cc1Cl. The average Bonchev–Trinajstić information content (AvgIpc) is 2.78. The number of carbonyl (C=O) groups excluding carboxylic acids is 1. The number of hydrogen-bond acceptors (Lipinski definition) is 6. The molecule has 0 atom stereocenters. The Balaban J connectivity index is 1.89. The Morgan fingerprint density at radius 2 is 2.00 bits per heavy atom. The molecular weight excluding hydrogens is 484 g/mol. The van der Waals surface area contributed by atoms with Crippen LogP contribution in [0.4, 0.5) is 10.5 Å². The Morgan fingerprint density at radius 3 is 2.71 bits per heavy atom. The standard InChI is InChI=1S/C22H25ClN4O6S/c1-13-16-11-18(23)20(33-22(29)25-3)12-19(16)32-21(28)17(13)10-14-5-4-6-15(9-14)27-34(30,31)26-8-7-24-2/h4-6,9,11-12,24,26-27H,7-8,10H2,1-3H3,(H,25,29)/p+1. The van der Waals surface area contributed by atoms with Crippen LogP contribution in [-0.4, -0.2) is 41.7 Å². The van der Waals surface area contributed by atoms with E-state index in [-0.39, 0.29) is 22.8 Å². The second-order valence-corrected chi connectivity index (χ2v) is 9.39. The van der Waals surface area contributed by atoms with Gasteiger partial charge in [0.25, 0.3) is 10.2 Å². The molecular formula is C22H26ClN4O6S+. The fourth-order valence-corrected chi connectivity index (χ4v) is 4.40. The molecule has 3 aromatic rings. The zero-order chi connectivity index (χ0) is 24.9. The quantitative estimate of drug-likeness (QED) is 0.254. The van der Waals surface area contributed by atoms with Gasteiger partial charge in [-0.2, -0.15) is 13.1 Å². The molecule has 0 spiro atoms. The molecule has 0 saturated heterocycles. The second kappa shape index (κ2) is 10.9. The van der Waals surface area contributed by atoms with Gasteiger partial charge in [-0.25, -0.2) is 9.59 Å². The molecule has 10 nitrogen and oxygen atoms in total. The Bertz CT molecular complexity index is 1370. The van der Waals surface area contributed by atoms with E-state index in [2.05, 4.69) is 14.8 Å². The summed E-state index contributed by atoms with van der Waals surface area (Å²) in [7, 11) is -0.455. The highest BCUT2D eigenvalue weighted by atomic mass is 35.5. The van der Waals surface area contributed by atoms with Gasteiger partial charge in [0.1, 0.15) is 5.58 Å². The third kappa shape index (κ3) is 6.26. The highest BCUT2D eigenvalue weighted by Gasteiger charge is 2.17. The maximum atomic E-state index is 12.7. The smallest absolute Gasteiger partial charge is 0.412 e. The second-order valence-electron chi connectivity index (χ2n) is 7.49. The Kier molecular flexibility index (Phi) is 8.15. The molecule has 1 aromatic heterocycles. The van der Waals surface area contributed by atoms with Gasteiger partial charge in [0, 0.05) is 30.5 Å². The van der Waals surface area contributed by atoms with Gasteiger partial charge >= 0.3 is 11.7 Å². The Hall–Kier alpha value is -3.12. The van der Waals surface area contributed by atoms with Crippen LogP contribution in [0.3, 0.4) is 0 Å². The van der Waals surface area contributed by atoms with Crippen molar-refractivity contribution in [3.63, 3.8) is 0 Å². The van der Waals surface area contributed by atoms with E-state index in [1.807, 2.05) is 12.4 Å². The number of anilines is 1. The molecule has 5 N–H and O–H groups in total. The lowest BCUT2D eigenvalue weighted by molar-refractivity contribution is -0.624. The minimum absolute atomic E-state index is 0.0641. The number of halogens is 1. The summed E-state index contributed by atoms with van der Waals surface area (Å²) in [5, 5.41) is 4.96. The summed E-state index contributed by atoms with van der Waals surface area (Å²) in [5.41, 5.74) is 1.81. The molecule has 1 heterocycles. The lowest BCUT2D eigenvalue weighted by Crippen LogP contribution is -2.81. The number of ether oxygens (including phenoxy) is 1. The average molecular weight is 510 g/mol. The number of nitrogens with two attached hydrogens (primary N) is 1. The number of nitrogens with one attached hydrogen (secondary N) is 3. The summed E-state index contributed by atoms with van der Waals surface area (Å²) in [6.07, 6.45) is -0.488. The van der Waals surface area contributed by atoms with Crippen LogP contribution in [0.15, 0.2) is 45.6 Å². The van der Waals surface area contributed by atoms with E-state index in [0.29, 0.717) is 40.9 Å². The molecule has 0 fully saturated rings. The van der Waals surface area contributed by atoms with Crippen molar-refractivity contribution in [2.24, 2.45) is 0 Å². The summed E-state index contributed by atoms with van der Waals surface area (Å²) in [6, 6.07) is 9.72. The Morgan fingerprint density at radius 1 is 1.24 bits per heavy atom. The molecule has 0 saturated carbocycles. The molecule has 0 aliphatic carbocycles. The summed E-state index contributed by atoms with van der Waals surface area (Å²) < 4.78 is 39.9. The molecule has 3 rings (SSSR count). The molecule has 0 aliphatic rings. The number of aryl methyl sites for hydroxylation is 1. The lowest BCUT2D eigenvalue weighted by Gasteiger charge is -2.12. The monoisotopic (exact) mass is 509 g/mol. The number of benzene rings is 2. The first kappa shape index (κ1) is 25.5. The van der Waals surface area contributed by atoms with Crippen LogP contribution in [0.2, 0.25) is 5.02 Å². The van der Waals surface area contributed by atoms with Crippen LogP contribution in [0.5, 0.6) is 5.75 Å². The van der Waals surface area contributed by atoms with Crippen molar-refractivity contribution in [2.45, 2.75) is 13.3 Å². The topological polar surface area (TPSA) is 143 Å². The van der Waals surface area contributed by atoms with E-state index in [1.54, 1.807) is 37.3 Å². The summed E-state index contributed by atoms with van der Waals surface area (Å²) in [4.78, 5) is 24.3. The summed E-state index contributed by atoms with van der Waals surface area (Å²) in [5.74, 6) is 0.0641. The van der Waals surface area contributed by atoms with Gasteiger partial charge in [-0.1, -0.05) is 23.7 Å². The first-order valence-electron chi connectivity index (χ1n) is 10.4. The zero-order valence-corrected chi connectivity index (χ0v) is 20.5. The molecule has 0 bridgehead atoms. The fraction of sp³-hybridized carbons (Fsp3) is 0.273. The molecule has 1 amide bonds. The van der Waals surface area contributed by atoms with Gasteiger partial charge in [0.15, 0.2) is 5.75 Å². The lowest BCUT2D eigenvalue weighted by atomic mass is 9.99. The number of rotatable bonds is 9. The van der Waals surface area contributed by atoms with Crippen LogP contribution >= 0.6 is 11.6 Å².